The average molecular weight is 269 g/mol. The summed E-state index contributed by atoms with van der Waals surface area (Å²) in [5, 5.41) is 1.92. The fourth-order valence-electron chi connectivity index (χ4n) is 1.69. The van der Waals surface area contributed by atoms with Crippen LogP contribution >= 0.6 is 36.2 Å². The number of nitrogens with zero attached hydrogens (tertiary/aromatic N) is 1. The smallest absolute Gasteiger partial charge is 0.260 e. The average Bonchev–Trinajstić information content (AvgIpc) is 2.74. The van der Waals surface area contributed by atoms with Crippen molar-refractivity contribution in [3.63, 3.8) is 0 Å². The molecule has 1 fully saturated rings. The molecule has 0 aromatic carbocycles. The van der Waals surface area contributed by atoms with E-state index in [1.807, 2.05) is 11.4 Å². The van der Waals surface area contributed by atoms with Crippen molar-refractivity contribution in [1.29, 1.82) is 0 Å². The van der Waals surface area contributed by atoms with E-state index in [2.05, 4.69) is 4.90 Å². The summed E-state index contributed by atoms with van der Waals surface area (Å²) in [6.45, 7) is 2.11. The molecule has 2 heterocycles. The van der Waals surface area contributed by atoms with E-state index in [1.165, 1.54) is 24.2 Å². The molecule has 0 saturated carbocycles. The number of halogens is 2. The molecule has 0 spiro atoms. The lowest BCUT2D eigenvalue weighted by Gasteiger charge is -2.16. The van der Waals surface area contributed by atoms with Crippen LogP contribution in [0.3, 0.4) is 0 Å². The monoisotopic (exact) mass is 268 g/mol. The predicted octanol–water partition coefficient (Wildman–Crippen LogP) is 2.29. The van der Waals surface area contributed by atoms with Crippen molar-refractivity contribution in [2.45, 2.75) is 12.8 Å². The van der Waals surface area contributed by atoms with Gasteiger partial charge in [0, 0.05) is 13.1 Å². The summed E-state index contributed by atoms with van der Waals surface area (Å²) in [5.74, 6) is -0.308. The Bertz CT molecular complexity index is 324. The van der Waals surface area contributed by atoms with Gasteiger partial charge in [0.1, 0.15) is 4.88 Å². The molecule has 0 atom stereocenters. The highest BCUT2D eigenvalue weighted by Crippen LogP contribution is 2.28. The number of anilines is 1. The highest BCUT2D eigenvalue weighted by Gasteiger charge is 2.18. The number of amides is 1. The SMILES string of the molecule is Cl.Cl.NC(=O)c1sccc1N1CCCC1. The molecule has 1 aliphatic heterocycles. The van der Waals surface area contributed by atoms with Gasteiger partial charge in [-0.2, -0.15) is 0 Å². The van der Waals surface area contributed by atoms with Crippen LogP contribution in [0, 0.1) is 0 Å². The van der Waals surface area contributed by atoms with Gasteiger partial charge < -0.3 is 10.6 Å². The Balaban J connectivity index is 0.000000980. The Morgan fingerprint density at radius 1 is 1.33 bits per heavy atom. The maximum Gasteiger partial charge on any atom is 0.260 e. The Hall–Kier alpha value is -0.450. The first-order chi connectivity index (χ1) is 6.29. The number of hydrogen-bond donors (Lipinski definition) is 1. The van der Waals surface area contributed by atoms with Crippen molar-refractivity contribution in [3.8, 4) is 0 Å². The van der Waals surface area contributed by atoms with Gasteiger partial charge in [-0.05, 0) is 24.3 Å². The molecule has 6 heteroatoms. The van der Waals surface area contributed by atoms with E-state index >= 15 is 0 Å². The van der Waals surface area contributed by atoms with Gasteiger partial charge in [-0.3, -0.25) is 4.79 Å². The van der Waals surface area contributed by atoms with Gasteiger partial charge in [0.25, 0.3) is 5.91 Å². The number of rotatable bonds is 2. The van der Waals surface area contributed by atoms with E-state index < -0.39 is 0 Å². The summed E-state index contributed by atoms with van der Waals surface area (Å²) in [4.78, 5) is 14.0. The molecule has 1 aliphatic rings. The maximum absolute atomic E-state index is 11.0. The van der Waals surface area contributed by atoms with Gasteiger partial charge in [0.05, 0.1) is 5.69 Å². The Morgan fingerprint density at radius 3 is 2.47 bits per heavy atom. The van der Waals surface area contributed by atoms with Crippen molar-refractivity contribution < 1.29 is 4.79 Å². The second kappa shape index (κ2) is 6.20. The van der Waals surface area contributed by atoms with E-state index in [4.69, 9.17) is 5.73 Å². The standard InChI is InChI=1S/C9H12N2OS.2ClH/c10-9(12)8-7(3-6-13-8)11-4-1-2-5-11;;/h3,6H,1-2,4-5H2,(H2,10,12);2*1H. The van der Waals surface area contributed by atoms with Crippen molar-refractivity contribution in [1.82, 2.24) is 0 Å². The molecule has 2 rings (SSSR count). The quantitative estimate of drug-likeness (QED) is 0.895. The van der Waals surface area contributed by atoms with Crippen molar-refractivity contribution in [3.05, 3.63) is 16.3 Å². The first-order valence-corrected chi connectivity index (χ1v) is 5.29. The molecule has 1 saturated heterocycles. The largest absolute Gasteiger partial charge is 0.370 e. The van der Waals surface area contributed by atoms with Crippen LogP contribution in [0.2, 0.25) is 0 Å². The molecular weight excluding hydrogens is 255 g/mol. The molecular formula is C9H14Cl2N2OS. The first kappa shape index (κ1) is 14.6. The lowest BCUT2D eigenvalue weighted by atomic mass is 10.3. The van der Waals surface area contributed by atoms with E-state index in [-0.39, 0.29) is 30.7 Å². The third kappa shape index (κ3) is 3.00. The zero-order valence-corrected chi connectivity index (χ0v) is 10.6. The summed E-state index contributed by atoms with van der Waals surface area (Å²) in [5.41, 5.74) is 6.29. The summed E-state index contributed by atoms with van der Waals surface area (Å²) in [6, 6.07) is 1.98. The zero-order valence-electron chi connectivity index (χ0n) is 8.14. The van der Waals surface area contributed by atoms with Crippen LogP contribution in [0.4, 0.5) is 5.69 Å². The molecule has 1 aromatic rings. The number of carbonyl (C=O) groups is 1. The number of nitrogens with two attached hydrogens (primary N) is 1. The van der Waals surface area contributed by atoms with Crippen LogP contribution in [-0.4, -0.2) is 19.0 Å². The molecule has 86 valence electrons. The van der Waals surface area contributed by atoms with Crippen molar-refractivity contribution in [2.75, 3.05) is 18.0 Å². The second-order valence-electron chi connectivity index (χ2n) is 3.19. The van der Waals surface area contributed by atoms with Gasteiger partial charge in [-0.15, -0.1) is 36.2 Å². The fourth-order valence-corrected chi connectivity index (χ4v) is 2.46. The normalized spacial score (nSPS) is 14.3. The van der Waals surface area contributed by atoms with Gasteiger partial charge in [0.2, 0.25) is 0 Å². The van der Waals surface area contributed by atoms with E-state index in [0.29, 0.717) is 4.88 Å². The lowest BCUT2D eigenvalue weighted by Crippen LogP contribution is -2.21. The minimum Gasteiger partial charge on any atom is -0.370 e. The fraction of sp³-hybridized carbons (Fsp3) is 0.444. The molecule has 15 heavy (non-hydrogen) atoms. The summed E-state index contributed by atoms with van der Waals surface area (Å²) in [6.07, 6.45) is 2.43. The summed E-state index contributed by atoms with van der Waals surface area (Å²) < 4.78 is 0. The minimum atomic E-state index is -0.308. The predicted molar refractivity (Wildman–Crippen MR) is 68.8 cm³/mol. The number of carbonyl (C=O) groups excluding carboxylic acids is 1. The van der Waals surface area contributed by atoms with Gasteiger partial charge >= 0.3 is 0 Å². The number of hydrogen-bond acceptors (Lipinski definition) is 3. The summed E-state index contributed by atoms with van der Waals surface area (Å²) in [7, 11) is 0. The molecule has 2 N–H and O–H groups in total. The van der Waals surface area contributed by atoms with E-state index in [1.54, 1.807) is 0 Å². The third-order valence-corrected chi connectivity index (χ3v) is 3.23. The van der Waals surface area contributed by atoms with Gasteiger partial charge in [-0.25, -0.2) is 0 Å². The van der Waals surface area contributed by atoms with Crippen LogP contribution in [-0.2, 0) is 0 Å². The number of primary amides is 1. The zero-order chi connectivity index (χ0) is 9.26. The summed E-state index contributed by atoms with van der Waals surface area (Å²) >= 11 is 1.43. The van der Waals surface area contributed by atoms with E-state index in [9.17, 15) is 4.79 Å². The van der Waals surface area contributed by atoms with Crippen molar-refractivity contribution >= 4 is 47.7 Å². The van der Waals surface area contributed by atoms with Gasteiger partial charge in [-0.1, -0.05) is 0 Å². The minimum absolute atomic E-state index is 0. The molecule has 1 amide bonds. The second-order valence-corrected chi connectivity index (χ2v) is 4.11. The Morgan fingerprint density at radius 2 is 1.93 bits per heavy atom. The molecule has 3 nitrogen and oxygen atoms in total. The third-order valence-electron chi connectivity index (χ3n) is 2.31. The van der Waals surface area contributed by atoms with Crippen molar-refractivity contribution in [2.24, 2.45) is 5.73 Å². The topological polar surface area (TPSA) is 46.3 Å². The number of thiophene rings is 1. The van der Waals surface area contributed by atoms with Crippen LogP contribution in [0.25, 0.3) is 0 Å². The molecule has 1 aromatic heterocycles. The Labute approximate surface area is 105 Å². The Kier molecular flexibility index (Phi) is 6.02. The molecule has 0 aliphatic carbocycles. The lowest BCUT2D eigenvalue weighted by molar-refractivity contribution is 0.100. The van der Waals surface area contributed by atoms with Crippen LogP contribution < -0.4 is 10.6 Å². The van der Waals surface area contributed by atoms with Crippen LogP contribution in [0.5, 0.6) is 0 Å². The highest BCUT2D eigenvalue weighted by atomic mass is 35.5. The molecule has 0 radical (unpaired) electrons. The molecule has 0 bridgehead atoms. The highest BCUT2D eigenvalue weighted by molar-refractivity contribution is 7.12. The van der Waals surface area contributed by atoms with E-state index in [0.717, 1.165) is 18.8 Å². The van der Waals surface area contributed by atoms with Crippen LogP contribution in [0.15, 0.2) is 11.4 Å². The molecule has 0 unspecified atom stereocenters. The maximum atomic E-state index is 11.0. The van der Waals surface area contributed by atoms with Crippen LogP contribution in [0.1, 0.15) is 22.5 Å². The van der Waals surface area contributed by atoms with Gasteiger partial charge in [0.15, 0.2) is 0 Å². The first-order valence-electron chi connectivity index (χ1n) is 4.41.